The van der Waals surface area contributed by atoms with E-state index >= 15 is 0 Å². The van der Waals surface area contributed by atoms with Crippen LogP contribution in [0.2, 0.25) is 0 Å². The van der Waals surface area contributed by atoms with Crippen molar-refractivity contribution in [3.05, 3.63) is 70.8 Å². The van der Waals surface area contributed by atoms with E-state index in [1.54, 1.807) is 0 Å². The van der Waals surface area contributed by atoms with Gasteiger partial charge in [0.1, 0.15) is 11.6 Å². The third-order valence-corrected chi connectivity index (χ3v) is 4.13. The van der Waals surface area contributed by atoms with Crippen LogP contribution < -0.4 is 5.32 Å². The van der Waals surface area contributed by atoms with E-state index in [9.17, 15) is 8.78 Å². The first-order valence-electron chi connectivity index (χ1n) is 6.81. The molecule has 104 valence electrons. The van der Waals surface area contributed by atoms with Crippen molar-refractivity contribution in [1.82, 2.24) is 5.32 Å². The summed E-state index contributed by atoms with van der Waals surface area (Å²) in [6.07, 6.45) is 0.520. The molecule has 2 aromatic carbocycles. The molecule has 0 radical (unpaired) electrons. The number of benzene rings is 2. The second kappa shape index (κ2) is 4.98. The Hall–Kier alpha value is -1.74. The Morgan fingerprint density at radius 2 is 1.75 bits per heavy atom. The standard InChI is InChI=1S/C17H17F2N/c1-12-2-4-14(5-3-12)17(10-20-11-17)9-13-8-15(18)6-7-16(13)19/h2-8,20H,9-11H2,1H3. The third kappa shape index (κ3) is 2.34. The lowest BCUT2D eigenvalue weighted by atomic mass is 9.71. The second-order valence-electron chi connectivity index (χ2n) is 5.66. The topological polar surface area (TPSA) is 12.0 Å². The molecule has 1 aliphatic heterocycles. The van der Waals surface area contributed by atoms with Gasteiger partial charge in [-0.1, -0.05) is 29.8 Å². The molecule has 3 heteroatoms. The highest BCUT2D eigenvalue weighted by molar-refractivity contribution is 5.35. The van der Waals surface area contributed by atoms with Gasteiger partial charge in [-0.05, 0) is 42.7 Å². The van der Waals surface area contributed by atoms with Crippen LogP contribution in [0.15, 0.2) is 42.5 Å². The van der Waals surface area contributed by atoms with Crippen molar-refractivity contribution in [3.63, 3.8) is 0 Å². The highest BCUT2D eigenvalue weighted by atomic mass is 19.1. The lowest BCUT2D eigenvalue weighted by molar-refractivity contribution is 0.271. The summed E-state index contributed by atoms with van der Waals surface area (Å²) in [7, 11) is 0. The maximum absolute atomic E-state index is 13.9. The first-order chi connectivity index (χ1) is 9.59. The van der Waals surface area contributed by atoms with E-state index in [-0.39, 0.29) is 17.0 Å². The van der Waals surface area contributed by atoms with Gasteiger partial charge in [0, 0.05) is 18.5 Å². The van der Waals surface area contributed by atoms with Crippen LogP contribution in [0.25, 0.3) is 0 Å². The molecular formula is C17H17F2N. The number of rotatable bonds is 3. The fourth-order valence-electron chi connectivity index (χ4n) is 2.81. The molecule has 0 amide bonds. The van der Waals surface area contributed by atoms with Gasteiger partial charge >= 0.3 is 0 Å². The SMILES string of the molecule is Cc1ccc(C2(Cc3cc(F)ccc3F)CNC2)cc1. The van der Waals surface area contributed by atoms with E-state index in [1.165, 1.54) is 23.3 Å². The fourth-order valence-corrected chi connectivity index (χ4v) is 2.81. The molecule has 20 heavy (non-hydrogen) atoms. The molecule has 0 atom stereocenters. The van der Waals surface area contributed by atoms with E-state index in [0.29, 0.717) is 12.0 Å². The lowest BCUT2D eigenvalue weighted by Gasteiger charge is -2.43. The maximum atomic E-state index is 13.9. The summed E-state index contributed by atoms with van der Waals surface area (Å²) in [6, 6.07) is 12.0. The Bertz CT molecular complexity index is 615. The first kappa shape index (κ1) is 13.3. The van der Waals surface area contributed by atoms with Gasteiger partial charge in [0.05, 0.1) is 0 Å². The number of hydrogen-bond donors (Lipinski definition) is 1. The van der Waals surface area contributed by atoms with Crippen LogP contribution in [-0.4, -0.2) is 13.1 Å². The summed E-state index contributed by atoms with van der Waals surface area (Å²) in [5, 5.41) is 3.25. The molecule has 0 saturated carbocycles. The quantitative estimate of drug-likeness (QED) is 0.904. The van der Waals surface area contributed by atoms with Crippen LogP contribution in [0.4, 0.5) is 8.78 Å². The summed E-state index contributed by atoms with van der Waals surface area (Å²) in [4.78, 5) is 0. The number of hydrogen-bond acceptors (Lipinski definition) is 1. The fraction of sp³-hybridized carbons (Fsp3) is 0.294. The van der Waals surface area contributed by atoms with Crippen molar-refractivity contribution in [2.24, 2.45) is 0 Å². The summed E-state index contributed by atoms with van der Waals surface area (Å²) in [5.74, 6) is -0.711. The molecular weight excluding hydrogens is 256 g/mol. The normalized spacial score (nSPS) is 16.8. The van der Waals surface area contributed by atoms with Crippen LogP contribution in [0.1, 0.15) is 16.7 Å². The minimum atomic E-state index is -0.382. The Balaban J connectivity index is 1.93. The number of halogens is 2. The second-order valence-corrected chi connectivity index (χ2v) is 5.66. The maximum Gasteiger partial charge on any atom is 0.126 e. The third-order valence-electron chi connectivity index (χ3n) is 4.13. The van der Waals surface area contributed by atoms with Crippen molar-refractivity contribution in [2.45, 2.75) is 18.8 Å². The van der Waals surface area contributed by atoms with Crippen LogP contribution in [0, 0.1) is 18.6 Å². The number of nitrogens with one attached hydrogen (secondary N) is 1. The Kier molecular flexibility index (Phi) is 3.30. The van der Waals surface area contributed by atoms with Gasteiger partial charge < -0.3 is 5.32 Å². The average molecular weight is 273 g/mol. The first-order valence-corrected chi connectivity index (χ1v) is 6.81. The molecule has 0 aromatic heterocycles. The Labute approximate surface area is 117 Å². The average Bonchev–Trinajstić information content (AvgIpc) is 2.39. The van der Waals surface area contributed by atoms with Gasteiger partial charge in [-0.3, -0.25) is 0 Å². The van der Waals surface area contributed by atoms with E-state index in [1.807, 2.05) is 6.92 Å². The van der Waals surface area contributed by atoms with Crippen molar-refractivity contribution < 1.29 is 8.78 Å². The molecule has 0 bridgehead atoms. The molecule has 0 unspecified atom stereocenters. The zero-order valence-corrected chi connectivity index (χ0v) is 11.4. The minimum absolute atomic E-state index is 0.123. The van der Waals surface area contributed by atoms with Gasteiger partial charge in [-0.2, -0.15) is 0 Å². The van der Waals surface area contributed by atoms with E-state index in [4.69, 9.17) is 0 Å². The number of aryl methyl sites for hydroxylation is 1. The summed E-state index contributed by atoms with van der Waals surface area (Å²) in [6.45, 7) is 3.64. The van der Waals surface area contributed by atoms with E-state index < -0.39 is 0 Å². The van der Waals surface area contributed by atoms with Gasteiger partial charge in [0.2, 0.25) is 0 Å². The molecule has 1 N–H and O–H groups in total. The van der Waals surface area contributed by atoms with Crippen molar-refractivity contribution in [2.75, 3.05) is 13.1 Å². The van der Waals surface area contributed by atoms with Crippen molar-refractivity contribution >= 4 is 0 Å². The molecule has 1 saturated heterocycles. The van der Waals surface area contributed by atoms with Crippen molar-refractivity contribution in [1.29, 1.82) is 0 Å². The van der Waals surface area contributed by atoms with Crippen LogP contribution in [0.3, 0.4) is 0 Å². The smallest absolute Gasteiger partial charge is 0.126 e. The molecule has 3 rings (SSSR count). The molecule has 1 nitrogen and oxygen atoms in total. The van der Waals surface area contributed by atoms with Crippen LogP contribution in [-0.2, 0) is 11.8 Å². The predicted molar refractivity (Wildman–Crippen MR) is 75.8 cm³/mol. The van der Waals surface area contributed by atoms with Crippen molar-refractivity contribution in [3.8, 4) is 0 Å². The monoisotopic (exact) mass is 273 g/mol. The van der Waals surface area contributed by atoms with E-state index in [0.717, 1.165) is 19.2 Å². The van der Waals surface area contributed by atoms with Gasteiger partial charge in [0.25, 0.3) is 0 Å². The molecule has 0 aliphatic carbocycles. The molecule has 0 spiro atoms. The van der Waals surface area contributed by atoms with Crippen LogP contribution in [0.5, 0.6) is 0 Å². The van der Waals surface area contributed by atoms with Gasteiger partial charge in [-0.15, -0.1) is 0 Å². The Morgan fingerprint density at radius 1 is 1.05 bits per heavy atom. The summed E-state index contributed by atoms with van der Waals surface area (Å²) in [5.41, 5.74) is 2.72. The molecule has 1 fully saturated rings. The predicted octanol–water partition coefficient (Wildman–Crippen LogP) is 3.36. The molecule has 1 heterocycles. The zero-order chi connectivity index (χ0) is 14.2. The zero-order valence-electron chi connectivity index (χ0n) is 11.4. The highest BCUT2D eigenvalue weighted by Gasteiger charge is 2.39. The lowest BCUT2D eigenvalue weighted by Crippen LogP contribution is -2.58. The summed E-state index contributed by atoms with van der Waals surface area (Å²) < 4.78 is 27.2. The minimum Gasteiger partial charge on any atom is -0.315 e. The summed E-state index contributed by atoms with van der Waals surface area (Å²) >= 11 is 0. The molecule has 2 aromatic rings. The Morgan fingerprint density at radius 3 is 2.35 bits per heavy atom. The van der Waals surface area contributed by atoms with E-state index in [2.05, 4.69) is 29.6 Å². The molecule has 1 aliphatic rings. The highest BCUT2D eigenvalue weighted by Crippen LogP contribution is 2.33. The van der Waals surface area contributed by atoms with Gasteiger partial charge in [0.15, 0.2) is 0 Å². The largest absolute Gasteiger partial charge is 0.315 e. The van der Waals surface area contributed by atoms with Gasteiger partial charge in [-0.25, -0.2) is 8.78 Å². The van der Waals surface area contributed by atoms with Crippen LogP contribution >= 0.6 is 0 Å².